The third-order valence-electron chi connectivity index (χ3n) is 3.89. The van der Waals surface area contributed by atoms with Gasteiger partial charge in [-0.15, -0.1) is 0 Å². The summed E-state index contributed by atoms with van der Waals surface area (Å²) in [4.78, 5) is 9.05. The first-order valence-electron chi connectivity index (χ1n) is 9.63. The van der Waals surface area contributed by atoms with E-state index in [1.165, 1.54) is 0 Å². The third-order valence-corrected chi connectivity index (χ3v) is 3.89. The summed E-state index contributed by atoms with van der Waals surface area (Å²) in [6.45, 7) is 5.92. The highest BCUT2D eigenvalue weighted by molar-refractivity contribution is 5.81. The molecule has 3 aromatic heterocycles. The van der Waals surface area contributed by atoms with Gasteiger partial charge in [-0.25, -0.2) is 9.97 Å². The molecule has 0 aliphatic heterocycles. The molecule has 0 saturated heterocycles. The Balaban J connectivity index is 0.00000124. The quantitative estimate of drug-likeness (QED) is 0.320. The molecule has 4 rings (SSSR count). The highest BCUT2D eigenvalue weighted by Gasteiger charge is 2.13. The molecule has 0 unspecified atom stereocenters. The van der Waals surface area contributed by atoms with E-state index in [-0.39, 0.29) is 0 Å². The van der Waals surface area contributed by atoms with Gasteiger partial charge in [0.15, 0.2) is 23.3 Å². The first-order chi connectivity index (χ1) is 14.7. The first-order valence-corrected chi connectivity index (χ1v) is 9.63. The monoisotopic (exact) mass is 403 g/mol. The third kappa shape index (κ3) is 5.22. The van der Waals surface area contributed by atoms with Gasteiger partial charge in [-0.2, -0.15) is 10.2 Å². The highest BCUT2D eigenvalue weighted by atomic mass is 15.2. The van der Waals surface area contributed by atoms with Gasteiger partial charge in [0, 0.05) is 17.8 Å². The molecule has 154 valence electrons. The SMILES string of the molecule is CC.Cc1cc(Nc2nc(/C=C/c3ccccc3)nc(Nc3ccn[nH]3)c2N)n[nH]1. The van der Waals surface area contributed by atoms with Gasteiger partial charge in [-0.1, -0.05) is 50.3 Å². The van der Waals surface area contributed by atoms with Crippen molar-refractivity contribution >= 4 is 41.1 Å². The van der Waals surface area contributed by atoms with Crippen LogP contribution in [0.5, 0.6) is 0 Å². The van der Waals surface area contributed by atoms with Gasteiger partial charge >= 0.3 is 0 Å². The van der Waals surface area contributed by atoms with Crippen LogP contribution in [-0.2, 0) is 0 Å². The Labute approximate surface area is 174 Å². The zero-order valence-electron chi connectivity index (χ0n) is 17.1. The summed E-state index contributed by atoms with van der Waals surface area (Å²) in [5.74, 6) is 2.70. The lowest BCUT2D eigenvalue weighted by Gasteiger charge is -2.12. The molecule has 30 heavy (non-hydrogen) atoms. The number of aromatic nitrogens is 6. The van der Waals surface area contributed by atoms with Crippen LogP contribution >= 0.6 is 0 Å². The molecular formula is C21H25N9. The largest absolute Gasteiger partial charge is 0.393 e. The first kappa shape index (κ1) is 20.6. The van der Waals surface area contributed by atoms with Crippen molar-refractivity contribution in [1.82, 2.24) is 30.4 Å². The summed E-state index contributed by atoms with van der Waals surface area (Å²) in [6.07, 6.45) is 5.41. The normalized spacial score (nSPS) is 10.5. The number of nitrogen functional groups attached to an aromatic ring is 1. The van der Waals surface area contributed by atoms with Crippen LogP contribution in [0.3, 0.4) is 0 Å². The number of aromatic amines is 2. The number of aryl methyl sites for hydroxylation is 1. The van der Waals surface area contributed by atoms with E-state index in [0.29, 0.717) is 34.8 Å². The van der Waals surface area contributed by atoms with Crippen molar-refractivity contribution in [3.63, 3.8) is 0 Å². The molecule has 0 amide bonds. The molecule has 0 aliphatic carbocycles. The summed E-state index contributed by atoms with van der Waals surface area (Å²) in [5, 5.41) is 20.1. The van der Waals surface area contributed by atoms with Crippen molar-refractivity contribution < 1.29 is 0 Å². The smallest absolute Gasteiger partial charge is 0.161 e. The Bertz CT molecular complexity index is 1080. The number of nitrogens with zero attached hydrogens (tertiary/aromatic N) is 4. The lowest BCUT2D eigenvalue weighted by molar-refractivity contribution is 1.04. The standard InChI is InChI=1S/C19H19N9.C2H6/c1-12-11-16(28-26-12)25-19-17(20)18(24-15-9-10-21-27-15)22-14(23-19)8-7-13-5-3-2-4-6-13;1-2/h2-11H,20H2,1H3,(H4,21,22,23,24,25,26,27,28);1-2H3/b8-7+;. The zero-order valence-corrected chi connectivity index (χ0v) is 17.1. The Morgan fingerprint density at radius 2 is 1.67 bits per heavy atom. The summed E-state index contributed by atoms with van der Waals surface area (Å²) in [5.41, 5.74) is 8.62. The van der Waals surface area contributed by atoms with Crippen molar-refractivity contribution in [2.24, 2.45) is 0 Å². The molecule has 3 heterocycles. The lowest BCUT2D eigenvalue weighted by atomic mass is 10.2. The van der Waals surface area contributed by atoms with Crippen LogP contribution in [0, 0.1) is 6.92 Å². The molecule has 0 spiro atoms. The summed E-state index contributed by atoms with van der Waals surface area (Å²) >= 11 is 0. The number of rotatable bonds is 6. The topological polar surface area (TPSA) is 133 Å². The number of hydrogen-bond acceptors (Lipinski definition) is 7. The van der Waals surface area contributed by atoms with E-state index in [4.69, 9.17) is 5.73 Å². The van der Waals surface area contributed by atoms with E-state index in [9.17, 15) is 0 Å². The second kappa shape index (κ2) is 9.87. The Morgan fingerprint density at radius 1 is 0.933 bits per heavy atom. The second-order valence-corrected chi connectivity index (χ2v) is 6.09. The molecule has 0 radical (unpaired) electrons. The van der Waals surface area contributed by atoms with Crippen molar-refractivity contribution in [3.8, 4) is 0 Å². The van der Waals surface area contributed by atoms with Gasteiger partial charge < -0.3 is 16.4 Å². The molecule has 0 atom stereocenters. The Kier molecular flexibility index (Phi) is 6.78. The van der Waals surface area contributed by atoms with Crippen LogP contribution in [0.2, 0.25) is 0 Å². The van der Waals surface area contributed by atoms with Crippen molar-refractivity contribution in [2.75, 3.05) is 16.4 Å². The zero-order chi connectivity index (χ0) is 21.3. The molecular weight excluding hydrogens is 378 g/mol. The average Bonchev–Trinajstić information content (AvgIpc) is 3.43. The number of anilines is 5. The minimum Gasteiger partial charge on any atom is -0.393 e. The Hall–Kier alpha value is -4.14. The summed E-state index contributed by atoms with van der Waals surface area (Å²) in [6, 6.07) is 13.6. The number of hydrogen-bond donors (Lipinski definition) is 5. The Morgan fingerprint density at radius 3 is 2.30 bits per heavy atom. The molecule has 4 aromatic rings. The van der Waals surface area contributed by atoms with Crippen LogP contribution in [0.1, 0.15) is 30.9 Å². The highest BCUT2D eigenvalue weighted by Crippen LogP contribution is 2.28. The fourth-order valence-electron chi connectivity index (χ4n) is 2.54. The molecule has 0 bridgehead atoms. The van der Waals surface area contributed by atoms with Crippen LogP contribution in [0.15, 0.2) is 48.7 Å². The molecule has 0 aliphatic rings. The van der Waals surface area contributed by atoms with Gasteiger partial charge in [-0.05, 0) is 18.6 Å². The van der Waals surface area contributed by atoms with Gasteiger partial charge in [0.25, 0.3) is 0 Å². The fraction of sp³-hybridized carbons (Fsp3) is 0.143. The fourth-order valence-corrected chi connectivity index (χ4v) is 2.54. The number of nitrogens with one attached hydrogen (secondary N) is 4. The van der Waals surface area contributed by atoms with Crippen molar-refractivity contribution in [1.29, 1.82) is 0 Å². The van der Waals surface area contributed by atoms with E-state index in [1.54, 1.807) is 12.3 Å². The molecule has 1 aromatic carbocycles. The molecule has 0 fully saturated rings. The maximum atomic E-state index is 6.28. The maximum Gasteiger partial charge on any atom is 0.161 e. The van der Waals surface area contributed by atoms with E-state index >= 15 is 0 Å². The second-order valence-electron chi connectivity index (χ2n) is 6.09. The van der Waals surface area contributed by atoms with Crippen LogP contribution < -0.4 is 16.4 Å². The van der Waals surface area contributed by atoms with Gasteiger partial charge in [-0.3, -0.25) is 10.2 Å². The lowest BCUT2D eigenvalue weighted by Crippen LogP contribution is -2.07. The molecule has 9 heteroatoms. The van der Waals surface area contributed by atoms with Crippen molar-refractivity contribution in [2.45, 2.75) is 20.8 Å². The minimum atomic E-state index is 0.368. The number of nitrogens with two attached hydrogens (primary N) is 1. The van der Waals surface area contributed by atoms with E-state index in [0.717, 1.165) is 11.3 Å². The van der Waals surface area contributed by atoms with Crippen LogP contribution in [0.25, 0.3) is 12.2 Å². The van der Waals surface area contributed by atoms with Crippen LogP contribution in [-0.4, -0.2) is 30.4 Å². The average molecular weight is 403 g/mol. The summed E-state index contributed by atoms with van der Waals surface area (Å²) in [7, 11) is 0. The predicted octanol–water partition coefficient (Wildman–Crippen LogP) is 4.50. The van der Waals surface area contributed by atoms with E-state index in [2.05, 4.69) is 41.0 Å². The number of benzene rings is 1. The van der Waals surface area contributed by atoms with E-state index in [1.807, 2.05) is 69.3 Å². The van der Waals surface area contributed by atoms with Gasteiger partial charge in [0.05, 0.1) is 6.20 Å². The summed E-state index contributed by atoms with van der Waals surface area (Å²) < 4.78 is 0. The van der Waals surface area contributed by atoms with Crippen LogP contribution in [0.4, 0.5) is 29.0 Å². The van der Waals surface area contributed by atoms with E-state index < -0.39 is 0 Å². The number of H-pyrrole nitrogens is 2. The van der Waals surface area contributed by atoms with Crippen molar-refractivity contribution in [3.05, 3.63) is 65.7 Å². The molecule has 9 nitrogen and oxygen atoms in total. The van der Waals surface area contributed by atoms with Gasteiger partial charge in [0.1, 0.15) is 11.5 Å². The van der Waals surface area contributed by atoms with Gasteiger partial charge in [0.2, 0.25) is 0 Å². The molecule has 0 saturated carbocycles. The predicted molar refractivity (Wildman–Crippen MR) is 122 cm³/mol. The minimum absolute atomic E-state index is 0.368. The maximum absolute atomic E-state index is 6.28. The molecule has 6 N–H and O–H groups in total.